The molecule has 39 heavy (non-hydrogen) atoms. The van der Waals surface area contributed by atoms with Crippen molar-refractivity contribution in [3.05, 3.63) is 101 Å². The van der Waals surface area contributed by atoms with Crippen LogP contribution in [0.15, 0.2) is 72.8 Å². The lowest BCUT2D eigenvalue weighted by Crippen LogP contribution is -2.13. The molecule has 0 saturated heterocycles. The Morgan fingerprint density at radius 2 is 1.51 bits per heavy atom. The van der Waals surface area contributed by atoms with Gasteiger partial charge >= 0.3 is 0 Å². The van der Waals surface area contributed by atoms with Gasteiger partial charge in [-0.3, -0.25) is 4.79 Å². The number of rotatable bonds is 6. The quantitative estimate of drug-likeness (QED) is 0.205. The number of nitriles is 1. The van der Waals surface area contributed by atoms with E-state index in [2.05, 4.69) is 47.7 Å². The molecule has 0 fully saturated rings. The number of nitrogens with one attached hydrogen (secondary N) is 2. The van der Waals surface area contributed by atoms with Crippen molar-refractivity contribution in [1.29, 1.82) is 5.26 Å². The number of carbonyl (C=O) groups excluding carboxylic acids is 1. The van der Waals surface area contributed by atoms with Gasteiger partial charge in [-0.25, -0.2) is 4.98 Å². The molecule has 0 radical (unpaired) electrons. The summed E-state index contributed by atoms with van der Waals surface area (Å²) >= 11 is 1.39. The second kappa shape index (κ2) is 10.6. The standard InChI is InChI=1S/C32H29N5OS/c1-18(2)21-11-15-24(16-12-21)36-32-27(31(38)35-23-13-7-20(4)8-14-23)28-29(39-32)26(25(17-33)30(34)37-28)22-9-5-19(3)6-10-22/h5-16,18,36H,1-4H3,(H2,34,37)(H,35,38). The van der Waals surface area contributed by atoms with Gasteiger partial charge in [0.15, 0.2) is 0 Å². The molecule has 4 N–H and O–H groups in total. The van der Waals surface area contributed by atoms with Crippen molar-refractivity contribution in [2.75, 3.05) is 16.4 Å². The Bertz CT molecular complexity index is 1710. The number of anilines is 4. The largest absolute Gasteiger partial charge is 0.383 e. The minimum Gasteiger partial charge on any atom is -0.383 e. The van der Waals surface area contributed by atoms with E-state index in [-0.39, 0.29) is 11.7 Å². The third kappa shape index (κ3) is 5.20. The van der Waals surface area contributed by atoms with Crippen LogP contribution in [0, 0.1) is 25.2 Å². The zero-order chi connectivity index (χ0) is 27.7. The maximum atomic E-state index is 13.8. The topological polar surface area (TPSA) is 104 Å². The fourth-order valence-electron chi connectivity index (χ4n) is 4.44. The van der Waals surface area contributed by atoms with Crippen molar-refractivity contribution < 1.29 is 4.79 Å². The molecule has 2 aromatic heterocycles. The van der Waals surface area contributed by atoms with Crippen LogP contribution >= 0.6 is 11.3 Å². The molecule has 6 nitrogen and oxygen atoms in total. The van der Waals surface area contributed by atoms with Gasteiger partial charge in [-0.05, 0) is 55.2 Å². The zero-order valence-corrected chi connectivity index (χ0v) is 23.1. The minimum absolute atomic E-state index is 0.0931. The number of nitrogens with zero attached hydrogens (tertiary/aromatic N) is 2. The van der Waals surface area contributed by atoms with Crippen molar-refractivity contribution >= 4 is 49.7 Å². The zero-order valence-electron chi connectivity index (χ0n) is 22.3. The smallest absolute Gasteiger partial charge is 0.260 e. The number of nitrogen functional groups attached to an aromatic ring is 1. The minimum atomic E-state index is -0.308. The van der Waals surface area contributed by atoms with Crippen molar-refractivity contribution in [2.45, 2.75) is 33.6 Å². The monoisotopic (exact) mass is 531 g/mol. The van der Waals surface area contributed by atoms with E-state index in [4.69, 9.17) is 5.73 Å². The lowest BCUT2D eigenvalue weighted by molar-refractivity contribution is 0.102. The molecule has 0 spiro atoms. The van der Waals surface area contributed by atoms with Gasteiger partial charge in [-0.1, -0.05) is 73.5 Å². The van der Waals surface area contributed by atoms with Crippen molar-refractivity contribution in [3.63, 3.8) is 0 Å². The summed E-state index contributed by atoms with van der Waals surface area (Å²) in [7, 11) is 0. The summed E-state index contributed by atoms with van der Waals surface area (Å²) in [6.07, 6.45) is 0. The summed E-state index contributed by atoms with van der Waals surface area (Å²) in [6.45, 7) is 8.31. The summed E-state index contributed by atoms with van der Waals surface area (Å²) < 4.78 is 0.722. The van der Waals surface area contributed by atoms with Crippen molar-refractivity contribution in [2.24, 2.45) is 0 Å². The molecular weight excluding hydrogens is 502 g/mol. The van der Waals surface area contributed by atoms with Crippen LogP contribution < -0.4 is 16.4 Å². The molecule has 7 heteroatoms. The van der Waals surface area contributed by atoms with Gasteiger partial charge in [0.2, 0.25) is 0 Å². The molecule has 2 heterocycles. The average molecular weight is 532 g/mol. The number of fused-ring (bicyclic) bond motifs is 1. The molecule has 5 rings (SSSR count). The number of benzene rings is 3. The predicted molar refractivity (Wildman–Crippen MR) is 162 cm³/mol. The Morgan fingerprint density at radius 1 is 0.923 bits per heavy atom. The molecule has 0 atom stereocenters. The molecule has 0 saturated carbocycles. The fourth-order valence-corrected chi connectivity index (χ4v) is 5.67. The number of nitrogens with two attached hydrogens (primary N) is 1. The molecule has 3 aromatic carbocycles. The number of hydrogen-bond acceptors (Lipinski definition) is 6. The van der Waals surface area contributed by atoms with Crippen LogP contribution in [0.25, 0.3) is 21.3 Å². The lowest BCUT2D eigenvalue weighted by Gasteiger charge is -2.11. The first-order chi connectivity index (χ1) is 18.7. The van der Waals surface area contributed by atoms with Crippen LogP contribution in [-0.2, 0) is 0 Å². The summed E-state index contributed by atoms with van der Waals surface area (Å²) in [6, 6.07) is 25.9. The van der Waals surface area contributed by atoms with E-state index in [0.717, 1.165) is 27.1 Å². The average Bonchev–Trinajstić information content (AvgIpc) is 3.27. The van der Waals surface area contributed by atoms with E-state index in [0.29, 0.717) is 38.8 Å². The van der Waals surface area contributed by atoms with E-state index >= 15 is 0 Å². The lowest BCUT2D eigenvalue weighted by atomic mass is 9.99. The highest BCUT2D eigenvalue weighted by Gasteiger charge is 2.26. The number of carbonyl (C=O) groups is 1. The number of aromatic nitrogens is 1. The highest BCUT2D eigenvalue weighted by molar-refractivity contribution is 7.24. The summed E-state index contributed by atoms with van der Waals surface area (Å²) in [5.74, 6) is 0.196. The van der Waals surface area contributed by atoms with Crippen LogP contribution in [-0.4, -0.2) is 10.9 Å². The van der Waals surface area contributed by atoms with Crippen LogP contribution in [0.1, 0.15) is 52.4 Å². The molecule has 1 amide bonds. The van der Waals surface area contributed by atoms with Crippen LogP contribution in [0.5, 0.6) is 0 Å². The maximum absolute atomic E-state index is 13.8. The molecule has 0 bridgehead atoms. The highest BCUT2D eigenvalue weighted by Crippen LogP contribution is 2.44. The number of hydrogen-bond donors (Lipinski definition) is 3. The van der Waals surface area contributed by atoms with Gasteiger partial charge in [0.25, 0.3) is 5.91 Å². The summed E-state index contributed by atoms with van der Waals surface area (Å²) in [4.78, 5) is 18.4. The number of amides is 1. The Labute approximate surface area is 232 Å². The van der Waals surface area contributed by atoms with Crippen molar-refractivity contribution in [3.8, 4) is 17.2 Å². The van der Waals surface area contributed by atoms with Gasteiger partial charge in [0.05, 0.1) is 10.2 Å². The Balaban J connectivity index is 1.71. The molecule has 0 aliphatic carbocycles. The van der Waals surface area contributed by atoms with Gasteiger partial charge in [0, 0.05) is 16.9 Å². The molecule has 194 valence electrons. The number of pyridine rings is 1. The first-order valence-corrected chi connectivity index (χ1v) is 13.5. The molecule has 0 aliphatic heterocycles. The van der Waals surface area contributed by atoms with Crippen LogP contribution in [0.4, 0.5) is 22.2 Å². The maximum Gasteiger partial charge on any atom is 0.260 e. The van der Waals surface area contributed by atoms with E-state index in [1.807, 2.05) is 74.5 Å². The number of thiophene rings is 1. The van der Waals surface area contributed by atoms with Gasteiger partial charge in [-0.2, -0.15) is 5.26 Å². The van der Waals surface area contributed by atoms with E-state index in [9.17, 15) is 10.1 Å². The number of aryl methyl sites for hydroxylation is 2. The Morgan fingerprint density at radius 3 is 2.10 bits per heavy atom. The van der Waals surface area contributed by atoms with E-state index in [1.54, 1.807) is 0 Å². The predicted octanol–water partition coefficient (Wildman–Crippen LogP) is 8.15. The first kappa shape index (κ1) is 26.0. The SMILES string of the molecule is Cc1ccc(NC(=O)c2c(Nc3ccc(C(C)C)cc3)sc3c(-c4ccc(C)cc4)c(C#N)c(N)nc23)cc1. The van der Waals surface area contributed by atoms with Crippen LogP contribution in [0.2, 0.25) is 0 Å². The third-order valence-electron chi connectivity index (χ3n) is 6.67. The fraction of sp³-hybridized carbons (Fsp3) is 0.156. The van der Waals surface area contributed by atoms with Gasteiger partial charge < -0.3 is 16.4 Å². The summed E-state index contributed by atoms with van der Waals surface area (Å²) in [5, 5.41) is 17.1. The third-order valence-corrected chi connectivity index (χ3v) is 7.78. The van der Waals surface area contributed by atoms with E-state index < -0.39 is 0 Å². The molecule has 5 aromatic rings. The second-order valence-corrected chi connectivity index (χ2v) is 11.0. The molecular formula is C32H29N5OS. The first-order valence-electron chi connectivity index (χ1n) is 12.7. The normalized spacial score (nSPS) is 11.0. The molecule has 0 aliphatic rings. The van der Waals surface area contributed by atoms with Gasteiger partial charge in [0.1, 0.15) is 28.0 Å². The second-order valence-electron chi connectivity index (χ2n) is 9.93. The summed E-state index contributed by atoms with van der Waals surface area (Å²) in [5.41, 5.74) is 13.9. The van der Waals surface area contributed by atoms with E-state index in [1.165, 1.54) is 16.9 Å². The Hall–Kier alpha value is -4.67. The van der Waals surface area contributed by atoms with Gasteiger partial charge in [-0.15, -0.1) is 11.3 Å². The Kier molecular flexibility index (Phi) is 7.05. The van der Waals surface area contributed by atoms with Crippen LogP contribution in [0.3, 0.4) is 0 Å². The van der Waals surface area contributed by atoms with Crippen molar-refractivity contribution in [1.82, 2.24) is 4.98 Å². The highest BCUT2D eigenvalue weighted by atomic mass is 32.1. The molecule has 0 unspecified atom stereocenters.